The standard InChI is InChI=1S/C12H12NO/c1-2-10-14-13-9-5-7-11-6-3-4-8-12(11)13/h2-9H,1,10H2/q+1. The van der Waals surface area contributed by atoms with Gasteiger partial charge in [-0.05, 0) is 18.2 Å². The van der Waals surface area contributed by atoms with E-state index in [1.165, 1.54) is 5.39 Å². The smallest absolute Gasteiger partial charge is 0.264 e. The SMILES string of the molecule is C=CCO[n+]1cccc2ccccc21. The first-order valence-corrected chi connectivity index (χ1v) is 4.55. The molecule has 0 saturated carbocycles. The molecule has 0 radical (unpaired) electrons. The molecule has 0 aliphatic heterocycles. The van der Waals surface area contributed by atoms with Crippen LogP contribution in [-0.2, 0) is 0 Å². The third-order valence-electron chi connectivity index (χ3n) is 2.00. The van der Waals surface area contributed by atoms with Crippen molar-refractivity contribution in [2.75, 3.05) is 6.61 Å². The van der Waals surface area contributed by atoms with Crippen molar-refractivity contribution < 1.29 is 9.57 Å². The number of pyridine rings is 1. The average molecular weight is 186 g/mol. The Balaban J connectivity index is 2.48. The van der Waals surface area contributed by atoms with Crippen molar-refractivity contribution in [2.45, 2.75) is 0 Å². The van der Waals surface area contributed by atoms with Gasteiger partial charge in [0.25, 0.3) is 5.52 Å². The highest BCUT2D eigenvalue weighted by molar-refractivity contribution is 5.74. The van der Waals surface area contributed by atoms with E-state index in [-0.39, 0.29) is 0 Å². The highest BCUT2D eigenvalue weighted by atomic mass is 16.7. The summed E-state index contributed by atoms with van der Waals surface area (Å²) < 4.78 is 1.76. The van der Waals surface area contributed by atoms with Crippen LogP contribution in [0.3, 0.4) is 0 Å². The third-order valence-corrected chi connectivity index (χ3v) is 2.00. The summed E-state index contributed by atoms with van der Waals surface area (Å²) in [5, 5.41) is 1.17. The van der Waals surface area contributed by atoms with Crippen LogP contribution in [-0.4, -0.2) is 6.61 Å². The summed E-state index contributed by atoms with van der Waals surface area (Å²) in [5.41, 5.74) is 1.07. The molecule has 2 heteroatoms. The van der Waals surface area contributed by atoms with Crippen molar-refractivity contribution in [1.29, 1.82) is 0 Å². The maximum absolute atomic E-state index is 5.47. The summed E-state index contributed by atoms with van der Waals surface area (Å²) in [5.74, 6) is 0. The van der Waals surface area contributed by atoms with Gasteiger partial charge >= 0.3 is 0 Å². The van der Waals surface area contributed by atoms with E-state index in [0.717, 1.165) is 5.52 Å². The second-order valence-corrected chi connectivity index (χ2v) is 2.98. The Morgan fingerprint density at radius 2 is 2.00 bits per heavy atom. The second-order valence-electron chi connectivity index (χ2n) is 2.98. The van der Waals surface area contributed by atoms with Crippen LogP contribution < -0.4 is 9.57 Å². The van der Waals surface area contributed by atoms with E-state index in [9.17, 15) is 0 Å². The van der Waals surface area contributed by atoms with E-state index in [1.807, 2.05) is 30.5 Å². The van der Waals surface area contributed by atoms with Gasteiger partial charge < -0.3 is 0 Å². The summed E-state index contributed by atoms with van der Waals surface area (Å²) in [7, 11) is 0. The van der Waals surface area contributed by atoms with Crippen molar-refractivity contribution in [3.8, 4) is 0 Å². The van der Waals surface area contributed by atoms with Gasteiger partial charge in [0.15, 0.2) is 6.61 Å². The fraction of sp³-hybridized carbons (Fsp3) is 0.0833. The number of aromatic nitrogens is 1. The van der Waals surface area contributed by atoms with Gasteiger partial charge in [-0.15, -0.1) is 0 Å². The lowest BCUT2D eigenvalue weighted by atomic mass is 10.2. The summed E-state index contributed by atoms with van der Waals surface area (Å²) in [4.78, 5) is 5.47. The number of para-hydroxylation sites is 1. The monoisotopic (exact) mass is 186 g/mol. The van der Waals surface area contributed by atoms with Gasteiger partial charge in [0.05, 0.1) is 5.39 Å². The van der Waals surface area contributed by atoms with Crippen LogP contribution in [0.4, 0.5) is 0 Å². The molecule has 0 saturated heterocycles. The minimum atomic E-state index is 0.513. The normalized spacial score (nSPS) is 10.0. The Bertz CT molecular complexity index is 446. The summed E-state index contributed by atoms with van der Waals surface area (Å²) in [6.07, 6.45) is 3.63. The topological polar surface area (TPSA) is 13.1 Å². The minimum absolute atomic E-state index is 0.513. The Morgan fingerprint density at radius 1 is 1.21 bits per heavy atom. The van der Waals surface area contributed by atoms with Crippen LogP contribution in [0.15, 0.2) is 55.3 Å². The molecule has 0 atom stereocenters. The third kappa shape index (κ3) is 1.59. The largest absolute Gasteiger partial charge is 0.267 e. The van der Waals surface area contributed by atoms with Crippen LogP contribution >= 0.6 is 0 Å². The summed E-state index contributed by atoms with van der Waals surface area (Å²) in [6, 6.07) is 12.1. The molecule has 0 N–H and O–H groups in total. The van der Waals surface area contributed by atoms with E-state index in [1.54, 1.807) is 10.8 Å². The van der Waals surface area contributed by atoms with Crippen molar-refractivity contribution in [2.24, 2.45) is 0 Å². The van der Waals surface area contributed by atoms with E-state index in [4.69, 9.17) is 4.84 Å². The minimum Gasteiger partial charge on any atom is -0.267 e. The number of nitrogens with zero attached hydrogens (tertiary/aromatic N) is 1. The van der Waals surface area contributed by atoms with Crippen LogP contribution in [0.2, 0.25) is 0 Å². The Hall–Kier alpha value is -1.83. The molecule has 70 valence electrons. The van der Waals surface area contributed by atoms with Gasteiger partial charge in [-0.1, -0.05) is 18.7 Å². The molecular formula is C12H12NO+. The molecule has 0 spiro atoms. The molecule has 2 rings (SSSR count). The van der Waals surface area contributed by atoms with Crippen LogP contribution in [0, 0.1) is 0 Å². The molecule has 1 aromatic carbocycles. The molecule has 1 heterocycles. The molecule has 2 nitrogen and oxygen atoms in total. The predicted octanol–water partition coefficient (Wildman–Crippen LogP) is 1.74. The molecule has 1 aromatic heterocycles. The fourth-order valence-electron chi connectivity index (χ4n) is 1.38. The first kappa shape index (κ1) is 8.75. The van der Waals surface area contributed by atoms with Crippen molar-refractivity contribution in [3.63, 3.8) is 0 Å². The second kappa shape index (κ2) is 3.92. The molecule has 0 unspecified atom stereocenters. The van der Waals surface area contributed by atoms with Gasteiger partial charge in [0.1, 0.15) is 0 Å². The lowest BCUT2D eigenvalue weighted by Gasteiger charge is -1.97. The Kier molecular flexibility index (Phi) is 2.45. The zero-order valence-corrected chi connectivity index (χ0v) is 7.89. The van der Waals surface area contributed by atoms with Gasteiger partial charge in [-0.2, -0.15) is 0 Å². The van der Waals surface area contributed by atoms with Crippen molar-refractivity contribution >= 4 is 10.9 Å². The molecule has 0 aliphatic carbocycles. The zero-order chi connectivity index (χ0) is 9.80. The number of fused-ring (bicyclic) bond motifs is 1. The summed E-state index contributed by atoms with van der Waals surface area (Å²) in [6.45, 7) is 4.13. The Morgan fingerprint density at radius 3 is 2.86 bits per heavy atom. The first-order valence-electron chi connectivity index (χ1n) is 4.55. The molecule has 0 amide bonds. The van der Waals surface area contributed by atoms with E-state index in [2.05, 4.69) is 18.7 Å². The lowest BCUT2D eigenvalue weighted by Crippen LogP contribution is -2.42. The molecule has 2 aromatic rings. The quantitative estimate of drug-likeness (QED) is 0.525. The predicted molar refractivity (Wildman–Crippen MR) is 55.8 cm³/mol. The summed E-state index contributed by atoms with van der Waals surface area (Å²) >= 11 is 0. The molecule has 14 heavy (non-hydrogen) atoms. The van der Waals surface area contributed by atoms with E-state index >= 15 is 0 Å². The van der Waals surface area contributed by atoms with E-state index in [0.29, 0.717) is 6.61 Å². The van der Waals surface area contributed by atoms with Gasteiger partial charge in [0, 0.05) is 16.9 Å². The number of hydrogen-bond acceptors (Lipinski definition) is 1. The molecule has 0 bridgehead atoms. The van der Waals surface area contributed by atoms with Gasteiger partial charge in [0.2, 0.25) is 6.20 Å². The highest BCUT2D eigenvalue weighted by Gasteiger charge is 2.07. The number of benzene rings is 1. The zero-order valence-electron chi connectivity index (χ0n) is 7.89. The maximum Gasteiger partial charge on any atom is 0.264 e. The fourth-order valence-corrected chi connectivity index (χ4v) is 1.38. The van der Waals surface area contributed by atoms with Crippen molar-refractivity contribution in [1.82, 2.24) is 0 Å². The van der Waals surface area contributed by atoms with Crippen LogP contribution in [0.25, 0.3) is 10.9 Å². The molecule has 0 fully saturated rings. The van der Waals surface area contributed by atoms with Crippen LogP contribution in [0.5, 0.6) is 0 Å². The maximum atomic E-state index is 5.47. The number of rotatable bonds is 3. The highest BCUT2D eigenvalue weighted by Crippen LogP contribution is 2.06. The van der Waals surface area contributed by atoms with Crippen LogP contribution in [0.1, 0.15) is 0 Å². The van der Waals surface area contributed by atoms with Gasteiger partial charge in [-0.3, -0.25) is 4.84 Å². The van der Waals surface area contributed by atoms with Crippen molar-refractivity contribution in [3.05, 3.63) is 55.3 Å². The Labute approximate surface area is 83.0 Å². The molecule has 0 aliphatic rings. The average Bonchev–Trinajstić information content (AvgIpc) is 2.26. The van der Waals surface area contributed by atoms with E-state index < -0.39 is 0 Å². The molecular weight excluding hydrogens is 174 g/mol. The number of hydrogen-bond donors (Lipinski definition) is 0. The van der Waals surface area contributed by atoms with Gasteiger partial charge in [-0.25, -0.2) is 0 Å². The first-order chi connectivity index (χ1) is 6.92. The lowest BCUT2D eigenvalue weighted by molar-refractivity contribution is -0.869.